The Labute approximate surface area is 190 Å². The summed E-state index contributed by atoms with van der Waals surface area (Å²) in [4.78, 5) is 23.4. The first-order valence-electron chi connectivity index (χ1n) is 10.0. The smallest absolute Gasteiger partial charge is 0.348 e. The highest BCUT2D eigenvalue weighted by atomic mass is 35.5. The summed E-state index contributed by atoms with van der Waals surface area (Å²) in [6.45, 7) is 4.63. The Kier molecular flexibility index (Phi) is 6.49. The third-order valence-corrected chi connectivity index (χ3v) is 6.29. The molecule has 4 aromatic rings. The lowest BCUT2D eigenvalue weighted by atomic mass is 10.1. The van der Waals surface area contributed by atoms with Gasteiger partial charge in [0.2, 0.25) is 0 Å². The van der Waals surface area contributed by atoms with Gasteiger partial charge in [-0.1, -0.05) is 54.1 Å². The van der Waals surface area contributed by atoms with E-state index in [2.05, 4.69) is 17.4 Å². The van der Waals surface area contributed by atoms with Crippen LogP contribution >= 0.6 is 22.9 Å². The van der Waals surface area contributed by atoms with E-state index in [0.717, 1.165) is 32.7 Å². The van der Waals surface area contributed by atoms with E-state index in [4.69, 9.17) is 26.3 Å². The molecular formula is C24H22ClN3O2S. The van der Waals surface area contributed by atoms with Gasteiger partial charge in [0.1, 0.15) is 21.3 Å². The second kappa shape index (κ2) is 9.45. The Morgan fingerprint density at radius 3 is 2.52 bits per heavy atom. The van der Waals surface area contributed by atoms with Crippen molar-refractivity contribution in [2.45, 2.75) is 26.8 Å². The van der Waals surface area contributed by atoms with Gasteiger partial charge in [-0.3, -0.25) is 0 Å². The summed E-state index contributed by atoms with van der Waals surface area (Å²) in [5.74, 6) is 1.10. The molecule has 4 rings (SSSR count). The highest BCUT2D eigenvalue weighted by molar-refractivity contribution is 7.20. The minimum absolute atomic E-state index is 0.323. The zero-order chi connectivity index (χ0) is 21.8. The number of carbonyl (C=O) groups is 1. The molecule has 2 aromatic carbocycles. The van der Waals surface area contributed by atoms with Gasteiger partial charge >= 0.3 is 5.97 Å². The van der Waals surface area contributed by atoms with Gasteiger partial charge < -0.3 is 10.1 Å². The van der Waals surface area contributed by atoms with Crippen LogP contribution < -0.4 is 5.32 Å². The van der Waals surface area contributed by atoms with Crippen LogP contribution in [0.1, 0.15) is 39.1 Å². The fourth-order valence-electron chi connectivity index (χ4n) is 3.35. The average Bonchev–Trinajstić information content (AvgIpc) is 3.10. The predicted octanol–water partition coefficient (Wildman–Crippen LogP) is 6.03. The third kappa shape index (κ3) is 4.86. The molecule has 2 aromatic heterocycles. The number of aryl methyl sites for hydroxylation is 1. The number of rotatable bonds is 7. The van der Waals surface area contributed by atoms with Crippen molar-refractivity contribution >= 4 is 44.9 Å². The van der Waals surface area contributed by atoms with Crippen molar-refractivity contribution in [1.29, 1.82) is 0 Å². The van der Waals surface area contributed by atoms with E-state index in [1.54, 1.807) is 6.92 Å². The number of thiophene rings is 1. The fraction of sp³-hybridized carbons (Fsp3) is 0.208. The molecular weight excluding hydrogens is 430 g/mol. The largest absolute Gasteiger partial charge is 0.462 e. The van der Waals surface area contributed by atoms with Gasteiger partial charge in [0.05, 0.1) is 12.0 Å². The van der Waals surface area contributed by atoms with Crippen molar-refractivity contribution in [2.75, 3.05) is 11.9 Å². The monoisotopic (exact) mass is 451 g/mol. The highest BCUT2D eigenvalue weighted by Gasteiger charge is 2.21. The predicted molar refractivity (Wildman–Crippen MR) is 126 cm³/mol. The Morgan fingerprint density at radius 2 is 1.81 bits per heavy atom. The summed E-state index contributed by atoms with van der Waals surface area (Å²) in [6.07, 6.45) is 0.609. The van der Waals surface area contributed by atoms with Crippen LogP contribution in [0.15, 0.2) is 54.6 Å². The zero-order valence-electron chi connectivity index (χ0n) is 17.3. The van der Waals surface area contributed by atoms with E-state index >= 15 is 0 Å². The molecule has 0 saturated carbocycles. The van der Waals surface area contributed by atoms with Gasteiger partial charge in [-0.15, -0.1) is 11.3 Å². The molecule has 0 atom stereocenters. The molecule has 7 heteroatoms. The maximum atomic E-state index is 12.4. The average molecular weight is 452 g/mol. The van der Waals surface area contributed by atoms with Gasteiger partial charge in [0.15, 0.2) is 0 Å². The van der Waals surface area contributed by atoms with Crippen LogP contribution in [0, 0.1) is 6.92 Å². The molecule has 158 valence electrons. The normalized spacial score (nSPS) is 10.9. The number of anilines is 1. The Balaban J connectivity index is 1.73. The maximum absolute atomic E-state index is 12.4. The lowest BCUT2D eigenvalue weighted by Crippen LogP contribution is -2.06. The summed E-state index contributed by atoms with van der Waals surface area (Å²) in [7, 11) is 0. The number of nitrogens with zero attached hydrogens (tertiary/aromatic N) is 2. The van der Waals surface area contributed by atoms with Crippen LogP contribution in [0.5, 0.6) is 0 Å². The molecule has 0 aliphatic rings. The van der Waals surface area contributed by atoms with Crippen LogP contribution in [-0.2, 0) is 17.7 Å². The van der Waals surface area contributed by atoms with Gasteiger partial charge in [0, 0.05) is 18.0 Å². The Hall–Kier alpha value is -2.96. The van der Waals surface area contributed by atoms with Gasteiger partial charge in [0.25, 0.3) is 0 Å². The molecule has 0 bridgehead atoms. The molecule has 0 unspecified atom stereocenters. The quantitative estimate of drug-likeness (QED) is 0.347. The molecule has 0 saturated heterocycles. The van der Waals surface area contributed by atoms with Crippen LogP contribution in [0.2, 0.25) is 5.02 Å². The molecule has 31 heavy (non-hydrogen) atoms. The minimum atomic E-state index is -0.323. The van der Waals surface area contributed by atoms with Gasteiger partial charge in [-0.2, -0.15) is 0 Å². The van der Waals surface area contributed by atoms with Crippen LogP contribution in [0.25, 0.3) is 10.2 Å². The number of halogens is 1. The topological polar surface area (TPSA) is 64.1 Å². The Bertz CT molecular complexity index is 1210. The standard InChI is InChI=1S/C24H22ClN3O2S/c1-3-30-24(29)21-15(2)20-22(26-14-17-9-11-18(25)12-10-17)27-19(28-23(20)31-21)13-16-7-5-4-6-8-16/h4-12H,3,13-14H2,1-2H3,(H,26,27,28). The Morgan fingerprint density at radius 1 is 1.06 bits per heavy atom. The number of aromatic nitrogens is 2. The number of nitrogens with one attached hydrogen (secondary N) is 1. The summed E-state index contributed by atoms with van der Waals surface area (Å²) in [6, 6.07) is 17.8. The molecule has 5 nitrogen and oxygen atoms in total. The van der Waals surface area contributed by atoms with E-state index in [0.29, 0.717) is 35.3 Å². The fourth-order valence-corrected chi connectivity index (χ4v) is 4.57. The molecule has 0 aliphatic heterocycles. The van der Waals surface area contributed by atoms with E-state index in [9.17, 15) is 4.79 Å². The highest BCUT2D eigenvalue weighted by Crippen LogP contribution is 2.35. The second-order valence-corrected chi connectivity index (χ2v) is 8.52. The minimum Gasteiger partial charge on any atom is -0.462 e. The van der Waals surface area contributed by atoms with Crippen molar-refractivity contribution in [1.82, 2.24) is 9.97 Å². The van der Waals surface area contributed by atoms with Crippen LogP contribution in [-0.4, -0.2) is 22.5 Å². The third-order valence-electron chi connectivity index (χ3n) is 4.88. The molecule has 0 fully saturated rings. The molecule has 0 radical (unpaired) electrons. The van der Waals surface area contributed by atoms with E-state index in [1.807, 2.05) is 49.4 Å². The maximum Gasteiger partial charge on any atom is 0.348 e. The van der Waals surface area contributed by atoms with Crippen molar-refractivity contribution in [3.05, 3.63) is 87.0 Å². The molecule has 0 spiro atoms. The van der Waals surface area contributed by atoms with Crippen LogP contribution in [0.4, 0.5) is 5.82 Å². The summed E-state index contributed by atoms with van der Waals surface area (Å²) < 4.78 is 5.23. The number of benzene rings is 2. The number of ether oxygens (including phenoxy) is 1. The molecule has 2 heterocycles. The van der Waals surface area contributed by atoms with E-state index in [-0.39, 0.29) is 5.97 Å². The van der Waals surface area contributed by atoms with Crippen molar-refractivity contribution in [3.63, 3.8) is 0 Å². The molecule has 0 amide bonds. The first-order valence-corrected chi connectivity index (χ1v) is 11.2. The van der Waals surface area contributed by atoms with Crippen molar-refractivity contribution in [3.8, 4) is 0 Å². The van der Waals surface area contributed by atoms with Gasteiger partial charge in [-0.25, -0.2) is 14.8 Å². The summed E-state index contributed by atoms with van der Waals surface area (Å²) in [5.41, 5.74) is 3.05. The first kappa shape index (κ1) is 21.3. The van der Waals surface area contributed by atoms with E-state index in [1.165, 1.54) is 11.3 Å². The number of esters is 1. The lowest BCUT2D eigenvalue weighted by molar-refractivity contribution is 0.0531. The number of hydrogen-bond acceptors (Lipinski definition) is 6. The number of carbonyl (C=O) groups excluding carboxylic acids is 1. The zero-order valence-corrected chi connectivity index (χ0v) is 18.9. The molecule has 0 aliphatic carbocycles. The van der Waals surface area contributed by atoms with Crippen LogP contribution in [0.3, 0.4) is 0 Å². The van der Waals surface area contributed by atoms with E-state index < -0.39 is 0 Å². The van der Waals surface area contributed by atoms with Crippen molar-refractivity contribution < 1.29 is 9.53 Å². The number of fused-ring (bicyclic) bond motifs is 1. The van der Waals surface area contributed by atoms with Crippen molar-refractivity contribution in [2.24, 2.45) is 0 Å². The second-order valence-electron chi connectivity index (χ2n) is 7.09. The SMILES string of the molecule is CCOC(=O)c1sc2nc(Cc3ccccc3)nc(NCc3ccc(Cl)cc3)c2c1C. The molecule has 1 N–H and O–H groups in total. The lowest BCUT2D eigenvalue weighted by Gasteiger charge is -2.10. The first-order chi connectivity index (χ1) is 15.0. The number of hydrogen-bond donors (Lipinski definition) is 1. The van der Waals surface area contributed by atoms with Gasteiger partial charge in [-0.05, 0) is 42.7 Å². The summed E-state index contributed by atoms with van der Waals surface area (Å²) >= 11 is 7.35. The summed E-state index contributed by atoms with van der Waals surface area (Å²) in [5, 5.41) is 5.00.